The Morgan fingerprint density at radius 1 is 1.06 bits per heavy atom. The Bertz CT molecular complexity index is 1250. The predicted molar refractivity (Wildman–Crippen MR) is 124 cm³/mol. The molecule has 4 rings (SSSR count). The minimum absolute atomic E-state index is 0.0544. The van der Waals surface area contributed by atoms with Crippen LogP contribution in [-0.4, -0.2) is 37.4 Å². The van der Waals surface area contributed by atoms with Gasteiger partial charge in [-0.2, -0.15) is 0 Å². The highest BCUT2D eigenvalue weighted by Crippen LogP contribution is 2.21. The standard InChI is InChI=1S/C23H25N5O2S/c1-2-3-15-27-21(30)18-11-7-8-12-19(18)28-22(27)25-26-23(28)31-16-20(29)24-14-13-17-9-5-4-6-10-17/h4-12H,2-3,13-16H2,1H3,(H,24,29). The number of aromatic nitrogens is 4. The number of aryl methyl sites for hydroxylation is 1. The Balaban J connectivity index is 1.52. The molecule has 8 heteroatoms. The van der Waals surface area contributed by atoms with Crippen molar-refractivity contribution >= 4 is 34.3 Å². The van der Waals surface area contributed by atoms with E-state index in [9.17, 15) is 9.59 Å². The topological polar surface area (TPSA) is 81.3 Å². The van der Waals surface area contributed by atoms with E-state index in [0.29, 0.717) is 29.4 Å². The molecule has 160 valence electrons. The molecule has 0 spiro atoms. The molecule has 0 radical (unpaired) electrons. The van der Waals surface area contributed by atoms with Gasteiger partial charge in [0, 0.05) is 13.1 Å². The van der Waals surface area contributed by atoms with Gasteiger partial charge in [0.25, 0.3) is 5.56 Å². The molecule has 0 unspecified atom stereocenters. The number of carbonyl (C=O) groups is 1. The Labute approximate surface area is 184 Å². The van der Waals surface area contributed by atoms with Crippen molar-refractivity contribution in [2.75, 3.05) is 12.3 Å². The van der Waals surface area contributed by atoms with Crippen LogP contribution in [0, 0.1) is 0 Å². The number of unbranched alkanes of at least 4 members (excludes halogenated alkanes) is 1. The molecule has 1 N–H and O–H groups in total. The molecule has 2 heterocycles. The number of nitrogens with one attached hydrogen (secondary N) is 1. The normalized spacial score (nSPS) is 11.3. The summed E-state index contributed by atoms with van der Waals surface area (Å²) in [4.78, 5) is 25.3. The van der Waals surface area contributed by atoms with Crippen molar-refractivity contribution in [3.05, 3.63) is 70.5 Å². The van der Waals surface area contributed by atoms with E-state index in [-0.39, 0.29) is 17.2 Å². The van der Waals surface area contributed by atoms with Crippen molar-refractivity contribution in [1.29, 1.82) is 0 Å². The Morgan fingerprint density at radius 2 is 1.84 bits per heavy atom. The predicted octanol–water partition coefficient (Wildman–Crippen LogP) is 3.30. The third-order valence-corrected chi connectivity index (χ3v) is 6.05. The van der Waals surface area contributed by atoms with Crippen molar-refractivity contribution in [1.82, 2.24) is 24.5 Å². The van der Waals surface area contributed by atoms with Crippen molar-refractivity contribution in [2.45, 2.75) is 37.9 Å². The lowest BCUT2D eigenvalue weighted by atomic mass is 10.1. The summed E-state index contributed by atoms with van der Waals surface area (Å²) in [5.74, 6) is 0.697. The minimum atomic E-state index is -0.0563. The van der Waals surface area contributed by atoms with Gasteiger partial charge in [0.05, 0.1) is 16.7 Å². The van der Waals surface area contributed by atoms with Gasteiger partial charge in [-0.05, 0) is 30.5 Å². The first-order valence-electron chi connectivity index (χ1n) is 10.5. The van der Waals surface area contributed by atoms with Crippen LogP contribution in [0.5, 0.6) is 0 Å². The van der Waals surface area contributed by atoms with E-state index in [0.717, 1.165) is 24.8 Å². The van der Waals surface area contributed by atoms with Crippen LogP contribution in [0.15, 0.2) is 64.5 Å². The maximum Gasteiger partial charge on any atom is 0.262 e. The molecule has 0 atom stereocenters. The molecule has 0 saturated carbocycles. The van der Waals surface area contributed by atoms with Gasteiger partial charge in [-0.15, -0.1) is 10.2 Å². The summed E-state index contributed by atoms with van der Waals surface area (Å²) in [7, 11) is 0. The number of nitrogens with zero attached hydrogens (tertiary/aromatic N) is 4. The summed E-state index contributed by atoms with van der Waals surface area (Å²) in [6.45, 7) is 3.26. The number of amides is 1. The number of para-hydroxylation sites is 1. The monoisotopic (exact) mass is 435 g/mol. The van der Waals surface area contributed by atoms with Crippen LogP contribution >= 0.6 is 11.8 Å². The zero-order valence-corrected chi connectivity index (χ0v) is 18.3. The smallest absolute Gasteiger partial charge is 0.262 e. The van der Waals surface area contributed by atoms with E-state index >= 15 is 0 Å². The molecule has 7 nitrogen and oxygen atoms in total. The van der Waals surface area contributed by atoms with Gasteiger partial charge in [0.1, 0.15) is 0 Å². The van der Waals surface area contributed by atoms with Gasteiger partial charge in [-0.1, -0.05) is 67.6 Å². The second-order valence-electron chi connectivity index (χ2n) is 7.32. The van der Waals surface area contributed by atoms with Crippen LogP contribution in [0.1, 0.15) is 25.3 Å². The molecule has 0 aliphatic heterocycles. The van der Waals surface area contributed by atoms with E-state index in [4.69, 9.17) is 0 Å². The van der Waals surface area contributed by atoms with Gasteiger partial charge >= 0.3 is 0 Å². The molecule has 0 fully saturated rings. The Kier molecular flexibility index (Phi) is 6.66. The van der Waals surface area contributed by atoms with Crippen LogP contribution < -0.4 is 10.9 Å². The van der Waals surface area contributed by atoms with Crippen LogP contribution in [0.25, 0.3) is 16.7 Å². The van der Waals surface area contributed by atoms with Gasteiger partial charge in [0.2, 0.25) is 11.7 Å². The second kappa shape index (κ2) is 9.78. The van der Waals surface area contributed by atoms with Crippen LogP contribution in [-0.2, 0) is 17.8 Å². The van der Waals surface area contributed by atoms with Crippen molar-refractivity contribution in [3.8, 4) is 0 Å². The van der Waals surface area contributed by atoms with Gasteiger partial charge in [-0.3, -0.25) is 18.6 Å². The molecule has 0 bridgehead atoms. The highest BCUT2D eigenvalue weighted by atomic mass is 32.2. The third-order valence-electron chi connectivity index (χ3n) is 5.12. The maximum atomic E-state index is 13.0. The average Bonchev–Trinajstić information content (AvgIpc) is 3.22. The van der Waals surface area contributed by atoms with Crippen molar-refractivity contribution in [3.63, 3.8) is 0 Å². The summed E-state index contributed by atoms with van der Waals surface area (Å²) in [5, 5.41) is 12.8. The number of rotatable bonds is 9. The molecule has 2 aromatic heterocycles. The molecular formula is C23H25N5O2S. The Morgan fingerprint density at radius 3 is 2.65 bits per heavy atom. The quantitative estimate of drug-likeness (QED) is 0.408. The van der Waals surface area contributed by atoms with Crippen LogP contribution in [0.2, 0.25) is 0 Å². The summed E-state index contributed by atoms with van der Waals surface area (Å²) >= 11 is 1.33. The van der Waals surface area contributed by atoms with Gasteiger partial charge < -0.3 is 5.32 Å². The first-order chi connectivity index (χ1) is 15.2. The molecule has 0 aliphatic carbocycles. The first-order valence-corrected chi connectivity index (χ1v) is 11.5. The molecule has 4 aromatic rings. The number of fused-ring (bicyclic) bond motifs is 3. The van der Waals surface area contributed by atoms with Crippen LogP contribution in [0.3, 0.4) is 0 Å². The molecule has 1 amide bonds. The molecule has 31 heavy (non-hydrogen) atoms. The van der Waals surface area contributed by atoms with E-state index < -0.39 is 0 Å². The number of benzene rings is 2. The molecular weight excluding hydrogens is 410 g/mol. The fourth-order valence-electron chi connectivity index (χ4n) is 3.52. The number of thioether (sulfide) groups is 1. The zero-order valence-electron chi connectivity index (χ0n) is 17.5. The zero-order chi connectivity index (χ0) is 21.6. The summed E-state index contributed by atoms with van der Waals surface area (Å²) < 4.78 is 3.57. The van der Waals surface area contributed by atoms with E-state index in [2.05, 4.69) is 22.4 Å². The summed E-state index contributed by atoms with van der Waals surface area (Å²) in [5.41, 5.74) is 1.89. The molecule has 0 saturated heterocycles. The highest BCUT2D eigenvalue weighted by Gasteiger charge is 2.17. The summed E-state index contributed by atoms with van der Waals surface area (Å²) in [6, 6.07) is 17.5. The van der Waals surface area contributed by atoms with Crippen molar-refractivity contribution < 1.29 is 4.79 Å². The van der Waals surface area contributed by atoms with Gasteiger partial charge in [-0.25, -0.2) is 0 Å². The summed E-state index contributed by atoms with van der Waals surface area (Å²) in [6.07, 6.45) is 2.65. The second-order valence-corrected chi connectivity index (χ2v) is 8.26. The lowest BCUT2D eigenvalue weighted by Crippen LogP contribution is -2.27. The maximum absolute atomic E-state index is 13.0. The van der Waals surface area contributed by atoms with Crippen molar-refractivity contribution in [2.24, 2.45) is 0 Å². The first kappa shape index (κ1) is 21.1. The minimum Gasteiger partial charge on any atom is -0.355 e. The van der Waals surface area contributed by atoms with E-state index in [1.54, 1.807) is 4.57 Å². The highest BCUT2D eigenvalue weighted by molar-refractivity contribution is 7.99. The largest absolute Gasteiger partial charge is 0.355 e. The average molecular weight is 436 g/mol. The van der Waals surface area contributed by atoms with Crippen LogP contribution in [0.4, 0.5) is 0 Å². The van der Waals surface area contributed by atoms with E-state index in [1.165, 1.54) is 17.3 Å². The lowest BCUT2D eigenvalue weighted by Gasteiger charge is -2.11. The van der Waals surface area contributed by atoms with E-state index in [1.807, 2.05) is 59.0 Å². The fraction of sp³-hybridized carbons (Fsp3) is 0.304. The molecule has 0 aliphatic rings. The third kappa shape index (κ3) is 4.64. The van der Waals surface area contributed by atoms with Gasteiger partial charge in [0.15, 0.2) is 5.16 Å². The Hall–Kier alpha value is -3.13. The number of carbonyl (C=O) groups excluding carboxylic acids is 1. The number of hydrogen-bond donors (Lipinski definition) is 1. The number of hydrogen-bond acceptors (Lipinski definition) is 5. The molecule has 2 aromatic carbocycles. The fourth-order valence-corrected chi connectivity index (χ4v) is 4.29. The SMILES string of the molecule is CCCCn1c(=O)c2ccccc2n2c(SCC(=O)NCCc3ccccc3)nnc12. The lowest BCUT2D eigenvalue weighted by molar-refractivity contribution is -0.118.